The molecule has 0 spiro atoms. The molecule has 0 aliphatic carbocycles. The van der Waals surface area contributed by atoms with Gasteiger partial charge in [0.15, 0.2) is 15.8 Å². The number of hydrogen-bond acceptors (Lipinski definition) is 7. The number of nitro benzene ring substituents is 1. The van der Waals surface area contributed by atoms with E-state index in [1.807, 2.05) is 31.2 Å². The van der Waals surface area contributed by atoms with Crippen LogP contribution in [0.25, 0.3) is 6.08 Å². The number of carbonyl (C=O) groups is 1. The molecule has 1 aliphatic heterocycles. The first-order chi connectivity index (χ1) is 16.4. The Morgan fingerprint density at radius 2 is 1.88 bits per heavy atom. The maximum atomic E-state index is 13.0. The van der Waals surface area contributed by atoms with Crippen molar-refractivity contribution in [1.82, 2.24) is 0 Å². The number of aryl methyl sites for hydroxylation is 1. The number of hydrogen-bond donors (Lipinski definition) is 0. The summed E-state index contributed by atoms with van der Waals surface area (Å²) in [5, 5.41) is 11.1. The minimum atomic E-state index is -0.508. The molecule has 172 valence electrons. The molecule has 3 aromatic carbocycles. The van der Waals surface area contributed by atoms with E-state index in [-0.39, 0.29) is 11.6 Å². The lowest BCUT2D eigenvalue weighted by Gasteiger charge is -2.14. The standard InChI is InChI=1S/C25H20N2O5S2/c1-16-5-3-6-18(11-16)15-32-21-10-9-17(12-22(21)31-2)13-23-24(28)26(25(33)34-23)19-7-4-8-20(14-19)27(29)30/h3-14H,15H2,1-2H3/b23-13+. The highest BCUT2D eigenvalue weighted by Crippen LogP contribution is 2.38. The van der Waals surface area contributed by atoms with Gasteiger partial charge in [-0.15, -0.1) is 0 Å². The van der Waals surface area contributed by atoms with Crippen LogP contribution in [0.15, 0.2) is 71.6 Å². The Morgan fingerprint density at radius 1 is 1.09 bits per heavy atom. The van der Waals surface area contributed by atoms with Crippen molar-refractivity contribution in [2.75, 3.05) is 12.0 Å². The first-order valence-electron chi connectivity index (χ1n) is 10.2. The summed E-state index contributed by atoms with van der Waals surface area (Å²) in [6.07, 6.45) is 1.71. The molecule has 0 saturated carbocycles. The van der Waals surface area contributed by atoms with E-state index in [0.717, 1.165) is 28.5 Å². The number of methoxy groups -OCH3 is 1. The number of thiocarbonyl (C=S) groups is 1. The van der Waals surface area contributed by atoms with E-state index in [2.05, 4.69) is 6.07 Å². The van der Waals surface area contributed by atoms with Gasteiger partial charge in [-0.1, -0.05) is 65.9 Å². The molecule has 7 nitrogen and oxygen atoms in total. The number of non-ortho nitro benzene ring substituents is 1. The van der Waals surface area contributed by atoms with Gasteiger partial charge in [-0.25, -0.2) is 0 Å². The molecule has 1 heterocycles. The number of nitrogens with zero attached hydrogens (tertiary/aromatic N) is 2. The number of benzene rings is 3. The number of amides is 1. The highest BCUT2D eigenvalue weighted by molar-refractivity contribution is 8.27. The van der Waals surface area contributed by atoms with E-state index in [1.165, 1.54) is 23.1 Å². The van der Waals surface area contributed by atoms with Crippen molar-refractivity contribution in [3.8, 4) is 11.5 Å². The smallest absolute Gasteiger partial charge is 0.271 e. The lowest BCUT2D eigenvalue weighted by Crippen LogP contribution is -2.27. The normalized spacial score (nSPS) is 14.5. The Labute approximate surface area is 206 Å². The molecule has 0 bridgehead atoms. The molecule has 0 radical (unpaired) electrons. The van der Waals surface area contributed by atoms with Gasteiger partial charge in [-0.3, -0.25) is 19.8 Å². The van der Waals surface area contributed by atoms with Crippen LogP contribution in [0.4, 0.5) is 11.4 Å². The lowest BCUT2D eigenvalue weighted by molar-refractivity contribution is -0.384. The molecule has 0 atom stereocenters. The summed E-state index contributed by atoms with van der Waals surface area (Å²) in [4.78, 5) is 25.3. The predicted octanol–water partition coefficient (Wildman–Crippen LogP) is 5.90. The molecule has 3 aromatic rings. The van der Waals surface area contributed by atoms with Crippen LogP contribution < -0.4 is 14.4 Å². The highest BCUT2D eigenvalue weighted by atomic mass is 32.2. The van der Waals surface area contributed by atoms with Crippen molar-refractivity contribution in [3.05, 3.63) is 98.4 Å². The SMILES string of the molecule is COc1cc(/C=C2/SC(=S)N(c3cccc([N+](=O)[O-])c3)C2=O)ccc1OCc1cccc(C)c1. The fraction of sp³-hybridized carbons (Fsp3) is 0.120. The summed E-state index contributed by atoms with van der Waals surface area (Å²) in [6.45, 7) is 2.43. The lowest BCUT2D eigenvalue weighted by atomic mass is 10.1. The van der Waals surface area contributed by atoms with Crippen LogP contribution in [0.2, 0.25) is 0 Å². The second-order valence-electron chi connectivity index (χ2n) is 7.48. The Kier molecular flexibility index (Phi) is 6.95. The van der Waals surface area contributed by atoms with Crippen LogP contribution in [-0.2, 0) is 11.4 Å². The molecular weight excluding hydrogens is 472 g/mol. The van der Waals surface area contributed by atoms with Crippen LogP contribution in [0, 0.1) is 17.0 Å². The average Bonchev–Trinajstić information content (AvgIpc) is 3.10. The van der Waals surface area contributed by atoms with Crippen molar-refractivity contribution >= 4 is 51.7 Å². The molecule has 1 amide bonds. The monoisotopic (exact) mass is 492 g/mol. The average molecular weight is 493 g/mol. The van der Waals surface area contributed by atoms with E-state index >= 15 is 0 Å². The van der Waals surface area contributed by atoms with Crippen LogP contribution in [0.5, 0.6) is 11.5 Å². The molecule has 9 heteroatoms. The van der Waals surface area contributed by atoms with E-state index in [0.29, 0.717) is 33.0 Å². The summed E-state index contributed by atoms with van der Waals surface area (Å²) >= 11 is 6.51. The quantitative estimate of drug-likeness (QED) is 0.176. The van der Waals surface area contributed by atoms with E-state index in [1.54, 1.807) is 31.4 Å². The number of anilines is 1. The minimum Gasteiger partial charge on any atom is -0.493 e. The van der Waals surface area contributed by atoms with Gasteiger partial charge in [-0.2, -0.15) is 0 Å². The first-order valence-corrected chi connectivity index (χ1v) is 11.5. The van der Waals surface area contributed by atoms with Crippen LogP contribution in [-0.4, -0.2) is 22.3 Å². The molecule has 1 saturated heterocycles. The first kappa shape index (κ1) is 23.5. The van der Waals surface area contributed by atoms with Gasteiger partial charge < -0.3 is 9.47 Å². The highest BCUT2D eigenvalue weighted by Gasteiger charge is 2.34. The third-order valence-electron chi connectivity index (χ3n) is 5.05. The van der Waals surface area contributed by atoms with Crippen molar-refractivity contribution in [2.24, 2.45) is 0 Å². The topological polar surface area (TPSA) is 81.9 Å². The number of thioether (sulfide) groups is 1. The van der Waals surface area contributed by atoms with Crippen LogP contribution in [0.3, 0.4) is 0 Å². The molecule has 1 fully saturated rings. The van der Waals surface area contributed by atoms with E-state index in [9.17, 15) is 14.9 Å². The van der Waals surface area contributed by atoms with Crippen molar-refractivity contribution in [1.29, 1.82) is 0 Å². The van der Waals surface area contributed by atoms with Crippen molar-refractivity contribution < 1.29 is 19.2 Å². The molecule has 0 unspecified atom stereocenters. The zero-order valence-electron chi connectivity index (χ0n) is 18.4. The third kappa shape index (κ3) is 5.11. The summed E-state index contributed by atoms with van der Waals surface area (Å²) in [5.41, 5.74) is 3.19. The molecule has 1 aliphatic rings. The largest absolute Gasteiger partial charge is 0.493 e. The Morgan fingerprint density at radius 3 is 2.62 bits per heavy atom. The fourth-order valence-corrected chi connectivity index (χ4v) is 4.74. The van der Waals surface area contributed by atoms with E-state index in [4.69, 9.17) is 21.7 Å². The number of rotatable bonds is 7. The zero-order chi connectivity index (χ0) is 24.2. The fourth-order valence-electron chi connectivity index (χ4n) is 3.44. The summed E-state index contributed by atoms with van der Waals surface area (Å²) in [6, 6.07) is 19.3. The molecular formula is C25H20N2O5S2. The van der Waals surface area contributed by atoms with Gasteiger partial charge in [0.2, 0.25) is 0 Å². The van der Waals surface area contributed by atoms with E-state index < -0.39 is 4.92 Å². The molecule has 0 aromatic heterocycles. The van der Waals surface area contributed by atoms with Crippen LogP contribution in [0.1, 0.15) is 16.7 Å². The zero-order valence-corrected chi connectivity index (χ0v) is 20.0. The Hall–Kier alpha value is -3.69. The van der Waals surface area contributed by atoms with Gasteiger partial charge in [0.25, 0.3) is 11.6 Å². The second-order valence-corrected chi connectivity index (χ2v) is 9.16. The van der Waals surface area contributed by atoms with Gasteiger partial charge >= 0.3 is 0 Å². The van der Waals surface area contributed by atoms with Crippen molar-refractivity contribution in [2.45, 2.75) is 13.5 Å². The summed E-state index contributed by atoms with van der Waals surface area (Å²) in [7, 11) is 1.56. The third-order valence-corrected chi connectivity index (χ3v) is 6.36. The van der Waals surface area contributed by atoms with Gasteiger partial charge in [0, 0.05) is 12.1 Å². The van der Waals surface area contributed by atoms with Gasteiger partial charge in [0.1, 0.15) is 6.61 Å². The Bertz CT molecular complexity index is 1320. The summed E-state index contributed by atoms with van der Waals surface area (Å²) in [5.74, 6) is 0.787. The summed E-state index contributed by atoms with van der Waals surface area (Å²) < 4.78 is 11.7. The molecule has 0 N–H and O–H groups in total. The van der Waals surface area contributed by atoms with Crippen LogP contribution >= 0.6 is 24.0 Å². The Balaban J connectivity index is 1.54. The number of carbonyl (C=O) groups excluding carboxylic acids is 1. The van der Waals surface area contributed by atoms with Crippen molar-refractivity contribution in [3.63, 3.8) is 0 Å². The van der Waals surface area contributed by atoms with Gasteiger partial charge in [-0.05, 0) is 42.3 Å². The molecule has 4 rings (SSSR count). The van der Waals surface area contributed by atoms with Gasteiger partial charge in [0.05, 0.1) is 22.6 Å². The minimum absolute atomic E-state index is 0.110. The maximum absolute atomic E-state index is 13.0. The maximum Gasteiger partial charge on any atom is 0.271 e. The number of nitro groups is 1. The second kappa shape index (κ2) is 10.1. The molecule has 34 heavy (non-hydrogen) atoms. The predicted molar refractivity (Wildman–Crippen MR) is 137 cm³/mol. The number of ether oxygens (including phenoxy) is 2.